The van der Waals surface area contributed by atoms with Crippen LogP contribution in [-0.2, 0) is 0 Å². The first kappa shape index (κ1) is 23.5. The number of rotatable bonds is 17. The highest BCUT2D eigenvalue weighted by molar-refractivity contribution is 5.43. The number of nitriles is 1. The van der Waals surface area contributed by atoms with Gasteiger partial charge < -0.3 is 10.4 Å². The maximum Gasteiger partial charge on any atom is 0.0741 e. The first-order valence-electron chi connectivity index (χ1n) is 11.1. The molecule has 0 saturated heterocycles. The summed E-state index contributed by atoms with van der Waals surface area (Å²) < 4.78 is 0. The molecule has 3 nitrogen and oxygen atoms in total. The van der Waals surface area contributed by atoms with Crippen LogP contribution in [-0.4, -0.2) is 17.3 Å². The summed E-state index contributed by atoms with van der Waals surface area (Å²) in [6.45, 7) is 2.24. The number of unbranched alkanes of at least 4 members (excludes halogenated alkanes) is 10. The molecule has 0 heterocycles. The van der Waals surface area contributed by atoms with Gasteiger partial charge in [0, 0.05) is 12.1 Å². The Morgan fingerprint density at radius 2 is 1.44 bits per heavy atom. The Morgan fingerprint density at radius 1 is 0.852 bits per heavy atom. The molecule has 1 aromatic carbocycles. The molecular formula is C24H40N2O. The summed E-state index contributed by atoms with van der Waals surface area (Å²) >= 11 is 0. The van der Waals surface area contributed by atoms with Gasteiger partial charge in [0.2, 0.25) is 0 Å². The van der Waals surface area contributed by atoms with Crippen molar-refractivity contribution in [2.24, 2.45) is 0 Å². The average Bonchev–Trinajstić information content (AvgIpc) is 2.69. The SMILES string of the molecule is CCCCCCCCC(O)C(CCCCCCCC#N)Nc1ccccc1. The monoisotopic (exact) mass is 372 g/mol. The number of aliphatic hydroxyl groups is 1. The zero-order valence-electron chi connectivity index (χ0n) is 17.3. The van der Waals surface area contributed by atoms with Crippen LogP contribution in [0, 0.1) is 11.3 Å². The van der Waals surface area contributed by atoms with Gasteiger partial charge >= 0.3 is 0 Å². The number of para-hydroxylation sites is 1. The van der Waals surface area contributed by atoms with Crippen molar-refractivity contribution in [2.45, 2.75) is 109 Å². The van der Waals surface area contributed by atoms with Crippen LogP contribution in [0.1, 0.15) is 96.8 Å². The number of benzene rings is 1. The fourth-order valence-corrected chi connectivity index (χ4v) is 3.54. The zero-order valence-corrected chi connectivity index (χ0v) is 17.3. The van der Waals surface area contributed by atoms with E-state index < -0.39 is 0 Å². The van der Waals surface area contributed by atoms with E-state index >= 15 is 0 Å². The predicted octanol–water partition coefficient (Wildman–Crippen LogP) is 6.83. The molecule has 0 bridgehead atoms. The van der Waals surface area contributed by atoms with Gasteiger partial charge in [0.25, 0.3) is 0 Å². The summed E-state index contributed by atoms with van der Waals surface area (Å²) in [5.74, 6) is 0. The first-order valence-corrected chi connectivity index (χ1v) is 11.1. The van der Waals surface area contributed by atoms with Crippen molar-refractivity contribution in [3.63, 3.8) is 0 Å². The van der Waals surface area contributed by atoms with Gasteiger partial charge in [0.1, 0.15) is 0 Å². The van der Waals surface area contributed by atoms with Crippen LogP contribution in [0.4, 0.5) is 5.69 Å². The fraction of sp³-hybridized carbons (Fsp3) is 0.708. The Bertz CT molecular complexity index is 483. The third-order valence-electron chi connectivity index (χ3n) is 5.25. The summed E-state index contributed by atoms with van der Waals surface area (Å²) in [7, 11) is 0. The standard InChI is InChI=1S/C24H40N2O/c1-2-3-4-5-9-15-20-24(27)23(26-22-17-12-11-13-18-22)19-14-8-6-7-10-16-21-25/h11-13,17-18,23-24,26-27H,2-10,14-16,19-20H2,1H3. The molecule has 1 aromatic rings. The van der Waals surface area contributed by atoms with Crippen molar-refractivity contribution in [1.82, 2.24) is 0 Å². The van der Waals surface area contributed by atoms with Crippen LogP contribution in [0.5, 0.6) is 0 Å². The Hall–Kier alpha value is -1.53. The molecule has 2 atom stereocenters. The molecule has 0 spiro atoms. The average molecular weight is 373 g/mol. The van der Waals surface area contributed by atoms with Gasteiger partial charge in [-0.25, -0.2) is 0 Å². The Labute approximate surface area is 167 Å². The van der Waals surface area contributed by atoms with E-state index in [1.807, 2.05) is 18.2 Å². The van der Waals surface area contributed by atoms with Crippen LogP contribution >= 0.6 is 0 Å². The molecule has 0 aliphatic rings. The van der Waals surface area contributed by atoms with Crippen LogP contribution in [0.2, 0.25) is 0 Å². The minimum atomic E-state index is -0.282. The summed E-state index contributed by atoms with van der Waals surface area (Å²) in [5, 5.41) is 22.9. The highest BCUT2D eigenvalue weighted by Gasteiger charge is 2.18. The minimum absolute atomic E-state index is 0.127. The topological polar surface area (TPSA) is 56.0 Å². The number of nitrogens with zero attached hydrogens (tertiary/aromatic N) is 1. The van der Waals surface area contributed by atoms with Crippen molar-refractivity contribution in [3.05, 3.63) is 30.3 Å². The Balaban J connectivity index is 2.34. The van der Waals surface area contributed by atoms with Crippen LogP contribution in [0.25, 0.3) is 0 Å². The molecule has 0 saturated carbocycles. The normalized spacial score (nSPS) is 13.1. The van der Waals surface area contributed by atoms with E-state index in [1.54, 1.807) is 0 Å². The number of aliphatic hydroxyl groups excluding tert-OH is 1. The van der Waals surface area contributed by atoms with Gasteiger partial charge in [-0.1, -0.05) is 89.3 Å². The molecule has 0 radical (unpaired) electrons. The van der Waals surface area contributed by atoms with Crippen molar-refractivity contribution < 1.29 is 5.11 Å². The van der Waals surface area contributed by atoms with Gasteiger partial charge in [0.05, 0.1) is 18.2 Å². The van der Waals surface area contributed by atoms with E-state index in [9.17, 15) is 5.11 Å². The quantitative estimate of drug-likeness (QED) is 0.295. The van der Waals surface area contributed by atoms with Crippen LogP contribution in [0.3, 0.4) is 0 Å². The second-order valence-corrected chi connectivity index (χ2v) is 7.71. The molecule has 1 rings (SSSR count). The highest BCUT2D eigenvalue weighted by atomic mass is 16.3. The molecule has 3 heteroatoms. The molecule has 2 N–H and O–H groups in total. The maximum atomic E-state index is 10.7. The van der Waals surface area contributed by atoms with Gasteiger partial charge in [-0.2, -0.15) is 5.26 Å². The number of anilines is 1. The molecule has 0 amide bonds. The second-order valence-electron chi connectivity index (χ2n) is 7.71. The number of nitrogens with one attached hydrogen (secondary N) is 1. The minimum Gasteiger partial charge on any atom is -0.391 e. The summed E-state index contributed by atoms with van der Waals surface area (Å²) in [4.78, 5) is 0. The van der Waals surface area contributed by atoms with Gasteiger partial charge in [0.15, 0.2) is 0 Å². The molecule has 0 aromatic heterocycles. The molecule has 2 unspecified atom stereocenters. The summed E-state index contributed by atoms with van der Waals surface area (Å²) in [6.07, 6.45) is 15.5. The number of hydrogen-bond donors (Lipinski definition) is 2. The molecular weight excluding hydrogens is 332 g/mol. The van der Waals surface area contributed by atoms with E-state index in [4.69, 9.17) is 5.26 Å². The van der Waals surface area contributed by atoms with E-state index in [0.29, 0.717) is 6.42 Å². The van der Waals surface area contributed by atoms with Gasteiger partial charge in [-0.3, -0.25) is 0 Å². The van der Waals surface area contributed by atoms with Crippen molar-refractivity contribution in [1.29, 1.82) is 5.26 Å². The first-order chi connectivity index (χ1) is 13.3. The lowest BCUT2D eigenvalue weighted by Gasteiger charge is -2.25. The van der Waals surface area contributed by atoms with Gasteiger partial charge in [-0.05, 0) is 31.4 Å². The third-order valence-corrected chi connectivity index (χ3v) is 5.25. The largest absolute Gasteiger partial charge is 0.391 e. The van der Waals surface area contributed by atoms with Crippen molar-refractivity contribution >= 4 is 5.69 Å². The molecule has 0 aliphatic carbocycles. The van der Waals surface area contributed by atoms with E-state index in [-0.39, 0.29) is 12.1 Å². The Morgan fingerprint density at radius 3 is 2.11 bits per heavy atom. The molecule has 0 fully saturated rings. The summed E-state index contributed by atoms with van der Waals surface area (Å²) in [5.41, 5.74) is 1.10. The third kappa shape index (κ3) is 12.5. The van der Waals surface area contributed by atoms with Crippen molar-refractivity contribution in [2.75, 3.05) is 5.32 Å². The molecule has 27 heavy (non-hydrogen) atoms. The second kappa shape index (κ2) is 16.6. The molecule has 152 valence electrons. The lowest BCUT2D eigenvalue weighted by molar-refractivity contribution is 0.134. The zero-order chi connectivity index (χ0) is 19.6. The van der Waals surface area contributed by atoms with Crippen LogP contribution < -0.4 is 5.32 Å². The fourth-order valence-electron chi connectivity index (χ4n) is 3.54. The lowest BCUT2D eigenvalue weighted by Crippen LogP contribution is -2.33. The van der Waals surface area contributed by atoms with E-state index in [2.05, 4.69) is 30.4 Å². The van der Waals surface area contributed by atoms with Gasteiger partial charge in [-0.15, -0.1) is 0 Å². The lowest BCUT2D eigenvalue weighted by atomic mass is 9.97. The maximum absolute atomic E-state index is 10.7. The van der Waals surface area contributed by atoms with E-state index in [1.165, 1.54) is 44.9 Å². The Kier molecular flexibility index (Phi) is 14.5. The van der Waals surface area contributed by atoms with E-state index in [0.717, 1.165) is 44.2 Å². The molecule has 0 aliphatic heterocycles. The van der Waals surface area contributed by atoms with Crippen LogP contribution in [0.15, 0.2) is 30.3 Å². The highest BCUT2D eigenvalue weighted by Crippen LogP contribution is 2.19. The summed E-state index contributed by atoms with van der Waals surface area (Å²) in [6, 6.07) is 12.6. The number of hydrogen-bond acceptors (Lipinski definition) is 3. The van der Waals surface area contributed by atoms with Crippen molar-refractivity contribution in [3.8, 4) is 6.07 Å². The predicted molar refractivity (Wildman–Crippen MR) is 116 cm³/mol. The smallest absolute Gasteiger partial charge is 0.0741 e.